The first-order valence-corrected chi connectivity index (χ1v) is 6.84. The van der Waals surface area contributed by atoms with Crippen LogP contribution in [0, 0.1) is 11.8 Å². The van der Waals surface area contributed by atoms with Gasteiger partial charge < -0.3 is 15.7 Å². The number of aliphatic hydroxyl groups is 1. The van der Waals surface area contributed by atoms with Crippen molar-refractivity contribution in [1.82, 2.24) is 10.6 Å². The molecular formula is C13H26N2O2. The lowest BCUT2D eigenvalue weighted by Crippen LogP contribution is -2.29. The van der Waals surface area contributed by atoms with Gasteiger partial charge in [0.05, 0.1) is 0 Å². The SMILES string of the molecule is CCC(CCO)CNC(=O)CCC1CCNC1. The highest BCUT2D eigenvalue weighted by Crippen LogP contribution is 2.14. The van der Waals surface area contributed by atoms with Crippen molar-refractivity contribution < 1.29 is 9.90 Å². The minimum Gasteiger partial charge on any atom is -0.396 e. The molecule has 1 fully saturated rings. The van der Waals surface area contributed by atoms with Gasteiger partial charge in [-0.15, -0.1) is 0 Å². The lowest BCUT2D eigenvalue weighted by molar-refractivity contribution is -0.121. The molecule has 4 nitrogen and oxygen atoms in total. The van der Waals surface area contributed by atoms with E-state index in [2.05, 4.69) is 17.6 Å². The van der Waals surface area contributed by atoms with Gasteiger partial charge in [-0.05, 0) is 44.2 Å². The van der Waals surface area contributed by atoms with E-state index in [1.54, 1.807) is 0 Å². The van der Waals surface area contributed by atoms with Gasteiger partial charge in [0.25, 0.3) is 0 Å². The molecule has 0 bridgehead atoms. The normalized spacial score (nSPS) is 21.4. The van der Waals surface area contributed by atoms with Gasteiger partial charge in [-0.2, -0.15) is 0 Å². The van der Waals surface area contributed by atoms with Crippen LogP contribution in [-0.2, 0) is 4.79 Å². The minimum atomic E-state index is 0.160. The Hall–Kier alpha value is -0.610. The Balaban J connectivity index is 2.07. The fraction of sp³-hybridized carbons (Fsp3) is 0.923. The highest BCUT2D eigenvalue weighted by Gasteiger charge is 2.16. The third-order valence-corrected chi connectivity index (χ3v) is 3.64. The predicted octanol–water partition coefficient (Wildman–Crippen LogP) is 0.901. The standard InChI is InChI=1S/C13H26N2O2/c1-2-11(6-8-16)10-15-13(17)4-3-12-5-7-14-9-12/h11-12,14,16H,2-10H2,1H3,(H,15,17). The van der Waals surface area contributed by atoms with Gasteiger partial charge in [-0.25, -0.2) is 0 Å². The molecule has 0 aromatic heterocycles. The molecule has 0 aromatic carbocycles. The van der Waals surface area contributed by atoms with Crippen LogP contribution in [-0.4, -0.2) is 37.3 Å². The smallest absolute Gasteiger partial charge is 0.220 e. The summed E-state index contributed by atoms with van der Waals surface area (Å²) < 4.78 is 0. The molecule has 0 radical (unpaired) electrons. The van der Waals surface area contributed by atoms with E-state index in [0.29, 0.717) is 24.8 Å². The molecule has 0 aliphatic carbocycles. The molecule has 1 heterocycles. The van der Waals surface area contributed by atoms with Crippen molar-refractivity contribution in [2.45, 2.75) is 39.0 Å². The number of hydrogen-bond donors (Lipinski definition) is 3. The minimum absolute atomic E-state index is 0.160. The summed E-state index contributed by atoms with van der Waals surface area (Å²) in [6.45, 7) is 5.17. The Bertz CT molecular complexity index is 215. The number of carbonyl (C=O) groups is 1. The van der Waals surface area contributed by atoms with Crippen molar-refractivity contribution in [2.75, 3.05) is 26.2 Å². The maximum Gasteiger partial charge on any atom is 0.220 e. The van der Waals surface area contributed by atoms with E-state index >= 15 is 0 Å². The lowest BCUT2D eigenvalue weighted by atomic mass is 10.0. The molecule has 2 atom stereocenters. The van der Waals surface area contributed by atoms with Crippen LogP contribution in [0.1, 0.15) is 39.0 Å². The topological polar surface area (TPSA) is 61.4 Å². The monoisotopic (exact) mass is 242 g/mol. The molecule has 1 aliphatic heterocycles. The summed E-state index contributed by atoms with van der Waals surface area (Å²) in [5, 5.41) is 15.1. The highest BCUT2D eigenvalue weighted by molar-refractivity contribution is 5.75. The van der Waals surface area contributed by atoms with Crippen LogP contribution in [0.25, 0.3) is 0 Å². The summed E-state index contributed by atoms with van der Waals surface area (Å²) in [4.78, 5) is 11.6. The molecule has 1 saturated heterocycles. The summed E-state index contributed by atoms with van der Waals surface area (Å²) in [7, 11) is 0. The third-order valence-electron chi connectivity index (χ3n) is 3.64. The highest BCUT2D eigenvalue weighted by atomic mass is 16.3. The molecule has 0 aromatic rings. The van der Waals surface area contributed by atoms with E-state index < -0.39 is 0 Å². The third kappa shape index (κ3) is 6.03. The number of hydrogen-bond acceptors (Lipinski definition) is 3. The van der Waals surface area contributed by atoms with E-state index in [0.717, 1.165) is 32.4 Å². The van der Waals surface area contributed by atoms with Crippen molar-refractivity contribution in [3.8, 4) is 0 Å². The van der Waals surface area contributed by atoms with Crippen molar-refractivity contribution in [2.24, 2.45) is 11.8 Å². The Kier molecular flexibility index (Phi) is 7.21. The summed E-state index contributed by atoms with van der Waals surface area (Å²) in [5.41, 5.74) is 0. The summed E-state index contributed by atoms with van der Waals surface area (Å²) in [6, 6.07) is 0. The van der Waals surface area contributed by atoms with Crippen LogP contribution in [0.15, 0.2) is 0 Å². The van der Waals surface area contributed by atoms with Crippen molar-refractivity contribution >= 4 is 5.91 Å². The zero-order valence-corrected chi connectivity index (χ0v) is 10.9. The van der Waals surface area contributed by atoms with Crippen LogP contribution < -0.4 is 10.6 Å². The van der Waals surface area contributed by atoms with E-state index in [4.69, 9.17) is 5.11 Å². The quantitative estimate of drug-likeness (QED) is 0.592. The van der Waals surface area contributed by atoms with E-state index in [1.165, 1.54) is 6.42 Å². The van der Waals surface area contributed by atoms with Gasteiger partial charge in [0.15, 0.2) is 0 Å². The van der Waals surface area contributed by atoms with Crippen LogP contribution in [0.3, 0.4) is 0 Å². The van der Waals surface area contributed by atoms with Gasteiger partial charge in [0.1, 0.15) is 0 Å². The van der Waals surface area contributed by atoms with E-state index in [1.807, 2.05) is 0 Å². The first-order valence-electron chi connectivity index (χ1n) is 6.84. The molecule has 100 valence electrons. The van der Waals surface area contributed by atoms with E-state index in [9.17, 15) is 4.79 Å². The average molecular weight is 242 g/mol. The summed E-state index contributed by atoms with van der Waals surface area (Å²) in [6.07, 6.45) is 4.63. The number of nitrogens with one attached hydrogen (secondary N) is 2. The van der Waals surface area contributed by atoms with Crippen molar-refractivity contribution in [3.05, 3.63) is 0 Å². The van der Waals surface area contributed by atoms with Crippen LogP contribution in [0.4, 0.5) is 0 Å². The van der Waals surface area contributed by atoms with Gasteiger partial charge in [0, 0.05) is 19.6 Å². The van der Waals surface area contributed by atoms with Gasteiger partial charge in [0.2, 0.25) is 5.91 Å². The van der Waals surface area contributed by atoms with Crippen LogP contribution in [0.2, 0.25) is 0 Å². The maximum atomic E-state index is 11.6. The van der Waals surface area contributed by atoms with Gasteiger partial charge in [-0.1, -0.05) is 13.3 Å². The fourth-order valence-corrected chi connectivity index (χ4v) is 2.28. The fourth-order valence-electron chi connectivity index (χ4n) is 2.28. The van der Waals surface area contributed by atoms with Gasteiger partial charge >= 0.3 is 0 Å². The molecule has 1 rings (SSSR count). The molecule has 4 heteroatoms. The molecule has 1 aliphatic rings. The van der Waals surface area contributed by atoms with Crippen LogP contribution in [0.5, 0.6) is 0 Å². The molecular weight excluding hydrogens is 216 g/mol. The van der Waals surface area contributed by atoms with Crippen LogP contribution >= 0.6 is 0 Å². The van der Waals surface area contributed by atoms with Crippen molar-refractivity contribution in [3.63, 3.8) is 0 Å². The maximum absolute atomic E-state index is 11.6. The molecule has 17 heavy (non-hydrogen) atoms. The number of carbonyl (C=O) groups excluding carboxylic acids is 1. The molecule has 2 unspecified atom stereocenters. The first kappa shape index (κ1) is 14.5. The second-order valence-electron chi connectivity index (χ2n) is 4.99. The zero-order valence-electron chi connectivity index (χ0n) is 10.9. The molecule has 1 amide bonds. The Labute approximate surface area is 104 Å². The number of rotatable bonds is 8. The van der Waals surface area contributed by atoms with Gasteiger partial charge in [-0.3, -0.25) is 4.79 Å². The molecule has 0 saturated carbocycles. The Morgan fingerprint density at radius 3 is 3.00 bits per heavy atom. The first-order chi connectivity index (χ1) is 8.26. The molecule has 3 N–H and O–H groups in total. The summed E-state index contributed by atoms with van der Waals surface area (Å²) >= 11 is 0. The lowest BCUT2D eigenvalue weighted by Gasteiger charge is -2.14. The average Bonchev–Trinajstić information content (AvgIpc) is 2.85. The Morgan fingerprint density at radius 2 is 2.41 bits per heavy atom. The molecule has 0 spiro atoms. The second kappa shape index (κ2) is 8.48. The van der Waals surface area contributed by atoms with Crippen molar-refractivity contribution in [1.29, 1.82) is 0 Å². The second-order valence-corrected chi connectivity index (χ2v) is 4.99. The van der Waals surface area contributed by atoms with E-state index in [-0.39, 0.29) is 12.5 Å². The summed E-state index contributed by atoms with van der Waals surface area (Å²) in [5.74, 6) is 1.26. The zero-order chi connectivity index (χ0) is 12.5. The predicted molar refractivity (Wildman–Crippen MR) is 68.7 cm³/mol. The Morgan fingerprint density at radius 1 is 1.59 bits per heavy atom. The number of amides is 1. The number of aliphatic hydroxyl groups excluding tert-OH is 1. The largest absolute Gasteiger partial charge is 0.396 e.